The molecule has 0 saturated carbocycles. The number of aryl methyl sites for hydroxylation is 3. The van der Waals surface area contributed by atoms with E-state index >= 15 is 0 Å². The fourth-order valence-electron chi connectivity index (χ4n) is 8.35. The zero-order chi connectivity index (χ0) is 33.2. The zero-order valence-electron chi connectivity index (χ0n) is 30.7. The van der Waals surface area contributed by atoms with Crippen molar-refractivity contribution in [3.05, 3.63) is 87.6 Å². The van der Waals surface area contributed by atoms with Crippen molar-refractivity contribution in [1.29, 1.82) is 0 Å². The average molecular weight is 617 g/mol. The van der Waals surface area contributed by atoms with Gasteiger partial charge in [-0.1, -0.05) is 117 Å². The molecule has 46 heavy (non-hydrogen) atoms. The normalized spacial score (nSPS) is 16.4. The van der Waals surface area contributed by atoms with Gasteiger partial charge in [0.2, 0.25) is 0 Å². The summed E-state index contributed by atoms with van der Waals surface area (Å²) in [4.78, 5) is 5.54. The van der Waals surface area contributed by atoms with Crippen LogP contribution in [-0.4, -0.2) is 9.38 Å². The highest BCUT2D eigenvalue weighted by atomic mass is 15.0. The maximum absolute atomic E-state index is 5.54. The van der Waals surface area contributed by atoms with Crippen LogP contribution in [0.1, 0.15) is 138 Å². The molecule has 0 bridgehead atoms. The number of rotatable bonds is 13. The zero-order valence-corrected chi connectivity index (χ0v) is 30.7. The van der Waals surface area contributed by atoms with Gasteiger partial charge >= 0.3 is 0 Å². The van der Waals surface area contributed by atoms with Gasteiger partial charge in [-0.2, -0.15) is 0 Å². The second-order valence-electron chi connectivity index (χ2n) is 14.6. The van der Waals surface area contributed by atoms with E-state index in [1.165, 1.54) is 70.1 Å². The van der Waals surface area contributed by atoms with Crippen LogP contribution in [0, 0.1) is 38.0 Å². The van der Waals surface area contributed by atoms with Crippen molar-refractivity contribution in [3.8, 4) is 11.3 Å². The van der Waals surface area contributed by atoms with E-state index in [1.54, 1.807) is 11.1 Å². The number of aromatic nitrogens is 2. The second kappa shape index (κ2) is 14.3. The van der Waals surface area contributed by atoms with E-state index in [4.69, 9.17) is 4.98 Å². The van der Waals surface area contributed by atoms with Crippen LogP contribution in [0.5, 0.6) is 0 Å². The highest BCUT2D eigenvalue weighted by Gasteiger charge is 2.37. The number of hydrogen-bond donors (Lipinski definition) is 0. The van der Waals surface area contributed by atoms with Gasteiger partial charge in [-0.15, -0.1) is 0 Å². The third-order valence-electron chi connectivity index (χ3n) is 11.8. The molecule has 0 amide bonds. The molecule has 0 N–H and O–H groups in total. The predicted molar refractivity (Wildman–Crippen MR) is 202 cm³/mol. The van der Waals surface area contributed by atoms with Crippen molar-refractivity contribution < 1.29 is 0 Å². The Morgan fingerprint density at radius 2 is 1.50 bits per heavy atom. The largest absolute Gasteiger partial charge is 0.292 e. The molecule has 1 aliphatic rings. The van der Waals surface area contributed by atoms with E-state index in [0.29, 0.717) is 17.8 Å². The molecule has 0 radical (unpaired) electrons. The predicted octanol–water partition coefficient (Wildman–Crippen LogP) is 12.9. The van der Waals surface area contributed by atoms with Crippen molar-refractivity contribution in [1.82, 2.24) is 9.38 Å². The molecule has 5 rings (SSSR count). The summed E-state index contributed by atoms with van der Waals surface area (Å²) in [5, 5.41) is 1.40. The Labute approximate surface area is 280 Å². The van der Waals surface area contributed by atoms with Crippen LogP contribution >= 0.6 is 0 Å². The third kappa shape index (κ3) is 6.14. The molecule has 0 fully saturated rings. The van der Waals surface area contributed by atoms with Crippen molar-refractivity contribution in [2.45, 2.75) is 133 Å². The summed E-state index contributed by atoms with van der Waals surface area (Å²) in [6.07, 6.45) is 20.2. The van der Waals surface area contributed by atoms with Crippen molar-refractivity contribution in [2.24, 2.45) is 17.3 Å². The molecule has 2 heterocycles. The Morgan fingerprint density at radius 1 is 0.891 bits per heavy atom. The van der Waals surface area contributed by atoms with Crippen LogP contribution in [0.4, 0.5) is 0 Å². The molecule has 2 aromatic heterocycles. The highest BCUT2D eigenvalue weighted by molar-refractivity contribution is 5.97. The number of fused-ring (bicyclic) bond motifs is 6. The number of allylic oxidation sites excluding steroid dienone is 3. The summed E-state index contributed by atoms with van der Waals surface area (Å²) in [7, 11) is 0. The summed E-state index contributed by atoms with van der Waals surface area (Å²) in [5.41, 5.74) is 14.9. The minimum Gasteiger partial charge on any atom is -0.292 e. The summed E-state index contributed by atoms with van der Waals surface area (Å²) in [6.45, 7) is 23.3. The maximum atomic E-state index is 5.54. The summed E-state index contributed by atoms with van der Waals surface area (Å²) in [5.74, 6) is 1.78. The molecule has 4 aromatic rings. The highest BCUT2D eigenvalue weighted by Crippen LogP contribution is 2.50. The molecular formula is C44H60N2. The SMILES string of the molecule is CCC=CC(C)(CC)C1CC=Cc2c1c1nc(C)c(-c3c(C)cccc3C)n1c1cc(CC(CC)CC)c(CC(CC)CC)cc21. The number of pyridine rings is 1. The van der Waals surface area contributed by atoms with Crippen LogP contribution in [0.25, 0.3) is 33.9 Å². The molecule has 1 aliphatic carbocycles. The summed E-state index contributed by atoms with van der Waals surface area (Å²) >= 11 is 0. The molecule has 2 unspecified atom stereocenters. The first-order chi connectivity index (χ1) is 22.2. The Kier molecular flexibility index (Phi) is 10.7. The van der Waals surface area contributed by atoms with Gasteiger partial charge in [0, 0.05) is 22.4 Å². The van der Waals surface area contributed by atoms with E-state index in [1.807, 2.05) is 0 Å². The lowest BCUT2D eigenvalue weighted by atomic mass is 9.67. The molecule has 2 atom stereocenters. The van der Waals surface area contributed by atoms with Crippen LogP contribution in [0.2, 0.25) is 0 Å². The van der Waals surface area contributed by atoms with E-state index in [2.05, 4.69) is 128 Å². The molecule has 0 spiro atoms. The van der Waals surface area contributed by atoms with Crippen molar-refractivity contribution in [2.75, 3.05) is 0 Å². The van der Waals surface area contributed by atoms with Gasteiger partial charge in [-0.3, -0.25) is 4.40 Å². The molecule has 2 aromatic carbocycles. The minimum atomic E-state index is 0.0516. The van der Waals surface area contributed by atoms with Gasteiger partial charge in [-0.05, 0) is 110 Å². The molecule has 2 nitrogen and oxygen atoms in total. The van der Waals surface area contributed by atoms with Gasteiger partial charge in [0.05, 0.1) is 16.9 Å². The molecular weight excluding hydrogens is 556 g/mol. The van der Waals surface area contributed by atoms with Gasteiger partial charge in [0.1, 0.15) is 5.65 Å². The van der Waals surface area contributed by atoms with Crippen LogP contribution in [0.15, 0.2) is 48.6 Å². The van der Waals surface area contributed by atoms with Crippen LogP contribution < -0.4 is 0 Å². The number of nitrogens with zero attached hydrogens (tertiary/aromatic N) is 2. The van der Waals surface area contributed by atoms with Crippen LogP contribution in [-0.2, 0) is 12.8 Å². The van der Waals surface area contributed by atoms with Gasteiger partial charge in [0.25, 0.3) is 0 Å². The first-order valence-electron chi connectivity index (χ1n) is 18.6. The van der Waals surface area contributed by atoms with E-state index < -0.39 is 0 Å². The van der Waals surface area contributed by atoms with Gasteiger partial charge in [0.15, 0.2) is 0 Å². The molecule has 0 saturated heterocycles. The molecule has 246 valence electrons. The Balaban J connectivity index is 1.97. The Bertz CT molecular complexity index is 1720. The van der Waals surface area contributed by atoms with Crippen molar-refractivity contribution >= 4 is 22.6 Å². The second-order valence-corrected chi connectivity index (χ2v) is 14.6. The molecule has 2 heteroatoms. The maximum Gasteiger partial charge on any atom is 0.142 e. The number of hydrogen-bond acceptors (Lipinski definition) is 1. The fraction of sp³-hybridized carbons (Fsp3) is 0.523. The Morgan fingerprint density at radius 3 is 2.07 bits per heavy atom. The molecule has 0 aliphatic heterocycles. The van der Waals surface area contributed by atoms with Gasteiger partial charge < -0.3 is 0 Å². The number of benzene rings is 2. The fourth-order valence-corrected chi connectivity index (χ4v) is 8.35. The monoisotopic (exact) mass is 616 g/mol. The topological polar surface area (TPSA) is 17.3 Å². The summed E-state index contributed by atoms with van der Waals surface area (Å²) in [6, 6.07) is 12.0. The van der Waals surface area contributed by atoms with E-state index in [9.17, 15) is 0 Å². The lowest BCUT2D eigenvalue weighted by Gasteiger charge is -2.38. The smallest absolute Gasteiger partial charge is 0.142 e. The average Bonchev–Trinajstić information content (AvgIpc) is 3.41. The standard InChI is InChI=1S/C44H60N2/c1-11-17-24-44(10,16-6)38-23-19-22-36-37-27-34(25-32(12-2)13-3)35(26-33(14-4)15-5)28-39(37)46-42(31(9)45-43(46)41(36)38)40-29(7)20-18-21-30(40)8/h17-22,24,27-28,32-33,38H,11-16,23,25-26H2,1-10H3. The minimum absolute atomic E-state index is 0.0516. The Hall–Kier alpha value is -3.13. The van der Waals surface area contributed by atoms with E-state index in [0.717, 1.165) is 43.4 Å². The lowest BCUT2D eigenvalue weighted by Crippen LogP contribution is -2.25. The number of imidazole rings is 1. The summed E-state index contributed by atoms with van der Waals surface area (Å²) < 4.78 is 2.60. The van der Waals surface area contributed by atoms with Gasteiger partial charge in [-0.25, -0.2) is 4.98 Å². The van der Waals surface area contributed by atoms with Crippen LogP contribution in [0.3, 0.4) is 0 Å². The first-order valence-corrected chi connectivity index (χ1v) is 18.6. The van der Waals surface area contributed by atoms with E-state index in [-0.39, 0.29) is 5.41 Å². The first kappa shape index (κ1) is 34.2. The lowest BCUT2D eigenvalue weighted by molar-refractivity contribution is 0.322. The quantitative estimate of drug-likeness (QED) is 0.137. The third-order valence-corrected chi connectivity index (χ3v) is 11.8. The van der Waals surface area contributed by atoms with Crippen molar-refractivity contribution in [3.63, 3.8) is 0 Å².